The Balaban J connectivity index is 1.79. The molecule has 4 N–H and O–H groups in total. The van der Waals surface area contributed by atoms with Gasteiger partial charge >= 0.3 is 0 Å². The first-order valence-electron chi connectivity index (χ1n) is 6.81. The van der Waals surface area contributed by atoms with Crippen LogP contribution in [0, 0.1) is 10.1 Å². The number of nitro groups is 1. The summed E-state index contributed by atoms with van der Waals surface area (Å²) in [6.45, 7) is 2.24. The summed E-state index contributed by atoms with van der Waals surface area (Å²) in [5, 5.41) is 14.2. The highest BCUT2D eigenvalue weighted by Gasteiger charge is 2.37. The van der Waals surface area contributed by atoms with Crippen molar-refractivity contribution < 1.29 is 4.92 Å². The van der Waals surface area contributed by atoms with E-state index < -0.39 is 4.92 Å². The van der Waals surface area contributed by atoms with E-state index >= 15 is 0 Å². The molecule has 108 valence electrons. The molecule has 0 aromatic carbocycles. The van der Waals surface area contributed by atoms with Crippen LogP contribution in [0.4, 0.5) is 17.3 Å². The van der Waals surface area contributed by atoms with Crippen molar-refractivity contribution in [3.05, 3.63) is 22.2 Å². The molecule has 1 aromatic rings. The van der Waals surface area contributed by atoms with Crippen LogP contribution in [0.3, 0.4) is 0 Å². The second-order valence-electron chi connectivity index (χ2n) is 5.28. The predicted molar refractivity (Wildman–Crippen MR) is 75.3 cm³/mol. The van der Waals surface area contributed by atoms with Gasteiger partial charge in [0.15, 0.2) is 0 Å². The van der Waals surface area contributed by atoms with Crippen LogP contribution in [-0.4, -0.2) is 40.0 Å². The number of hydrogen-bond donors (Lipinski definition) is 3. The third kappa shape index (κ3) is 2.39. The van der Waals surface area contributed by atoms with Crippen LogP contribution in [0.2, 0.25) is 0 Å². The van der Waals surface area contributed by atoms with Crippen LogP contribution in [0.5, 0.6) is 0 Å². The molecule has 0 radical (unpaired) electrons. The Morgan fingerprint density at radius 1 is 1.35 bits per heavy atom. The Kier molecular flexibility index (Phi) is 3.41. The number of anilines is 2. The van der Waals surface area contributed by atoms with Crippen molar-refractivity contribution in [3.8, 4) is 0 Å². The van der Waals surface area contributed by atoms with Crippen molar-refractivity contribution in [2.24, 2.45) is 5.84 Å². The predicted octanol–water partition coefficient (Wildman–Crippen LogP) is 0.924. The molecule has 0 saturated carbocycles. The Hall–Kier alpha value is -1.93. The lowest BCUT2D eigenvalue weighted by atomic mass is 10.1. The van der Waals surface area contributed by atoms with Crippen LogP contribution in [0.1, 0.15) is 19.3 Å². The number of fused-ring (bicyclic) bond motifs is 1. The molecule has 3 rings (SSSR count). The van der Waals surface area contributed by atoms with Gasteiger partial charge in [0.1, 0.15) is 11.6 Å². The molecule has 2 aliphatic rings. The van der Waals surface area contributed by atoms with Crippen molar-refractivity contribution in [1.29, 1.82) is 0 Å². The molecule has 8 heteroatoms. The Morgan fingerprint density at radius 2 is 2.15 bits per heavy atom. The smallest absolute Gasteiger partial charge is 0.276 e. The van der Waals surface area contributed by atoms with Gasteiger partial charge in [-0.1, -0.05) is 0 Å². The lowest BCUT2D eigenvalue weighted by Gasteiger charge is -2.21. The average Bonchev–Trinajstić information content (AvgIpc) is 3.03. The first kappa shape index (κ1) is 13.1. The van der Waals surface area contributed by atoms with Crippen molar-refractivity contribution in [3.63, 3.8) is 0 Å². The summed E-state index contributed by atoms with van der Waals surface area (Å²) in [5.41, 5.74) is 2.35. The van der Waals surface area contributed by atoms with E-state index in [1.807, 2.05) is 0 Å². The molecule has 2 unspecified atom stereocenters. The van der Waals surface area contributed by atoms with E-state index in [2.05, 4.69) is 20.6 Å². The normalized spacial score (nSPS) is 25.4. The van der Waals surface area contributed by atoms with E-state index in [1.54, 1.807) is 0 Å². The number of nitrogens with two attached hydrogens (primary N) is 1. The molecular weight excluding hydrogens is 260 g/mol. The maximum absolute atomic E-state index is 10.9. The highest BCUT2D eigenvalue weighted by molar-refractivity contribution is 5.54. The quantitative estimate of drug-likeness (QED) is 0.427. The van der Waals surface area contributed by atoms with Gasteiger partial charge in [0, 0.05) is 18.6 Å². The molecule has 1 aromatic heterocycles. The van der Waals surface area contributed by atoms with E-state index in [0.29, 0.717) is 23.7 Å². The molecule has 3 heterocycles. The van der Waals surface area contributed by atoms with Crippen molar-refractivity contribution in [1.82, 2.24) is 9.88 Å². The fraction of sp³-hybridized carbons (Fsp3) is 0.583. The molecule has 2 aliphatic heterocycles. The van der Waals surface area contributed by atoms with Gasteiger partial charge in [0.05, 0.1) is 17.1 Å². The molecule has 20 heavy (non-hydrogen) atoms. The fourth-order valence-corrected chi connectivity index (χ4v) is 3.21. The first-order valence-corrected chi connectivity index (χ1v) is 6.81. The molecule has 0 amide bonds. The number of aromatic nitrogens is 1. The number of nitrogen functional groups attached to an aromatic ring is 1. The highest BCUT2D eigenvalue weighted by Crippen LogP contribution is 2.30. The maximum Gasteiger partial charge on any atom is 0.276 e. The third-order valence-corrected chi connectivity index (χ3v) is 4.11. The maximum atomic E-state index is 10.9. The molecule has 0 spiro atoms. The molecule has 8 nitrogen and oxygen atoms in total. The molecule has 0 aliphatic carbocycles. The van der Waals surface area contributed by atoms with Crippen LogP contribution < -0.4 is 16.6 Å². The molecule has 2 saturated heterocycles. The summed E-state index contributed by atoms with van der Waals surface area (Å²) in [7, 11) is 0. The monoisotopic (exact) mass is 278 g/mol. The zero-order valence-electron chi connectivity index (χ0n) is 11.1. The summed E-state index contributed by atoms with van der Waals surface area (Å²) < 4.78 is 0. The van der Waals surface area contributed by atoms with Gasteiger partial charge in [-0.3, -0.25) is 15.0 Å². The fourth-order valence-electron chi connectivity index (χ4n) is 3.21. The van der Waals surface area contributed by atoms with Gasteiger partial charge in [-0.05, 0) is 25.8 Å². The van der Waals surface area contributed by atoms with Gasteiger partial charge in [0.25, 0.3) is 5.69 Å². The minimum atomic E-state index is -0.440. The van der Waals surface area contributed by atoms with E-state index in [-0.39, 0.29) is 5.69 Å². The number of nitrogens with one attached hydrogen (secondary N) is 2. The van der Waals surface area contributed by atoms with Gasteiger partial charge in [-0.25, -0.2) is 10.8 Å². The van der Waals surface area contributed by atoms with Gasteiger partial charge < -0.3 is 10.7 Å². The topological polar surface area (TPSA) is 109 Å². The van der Waals surface area contributed by atoms with E-state index in [4.69, 9.17) is 5.84 Å². The van der Waals surface area contributed by atoms with Crippen LogP contribution in [0.15, 0.2) is 12.1 Å². The Morgan fingerprint density at radius 3 is 2.90 bits per heavy atom. The van der Waals surface area contributed by atoms with E-state index in [9.17, 15) is 10.1 Å². The van der Waals surface area contributed by atoms with Gasteiger partial charge in [0.2, 0.25) is 0 Å². The Labute approximate surface area is 116 Å². The summed E-state index contributed by atoms with van der Waals surface area (Å²) >= 11 is 0. The average molecular weight is 278 g/mol. The third-order valence-electron chi connectivity index (χ3n) is 4.11. The first-order chi connectivity index (χ1) is 9.67. The lowest BCUT2D eigenvalue weighted by Crippen LogP contribution is -2.34. The number of pyridine rings is 1. The Bertz CT molecular complexity index is 523. The molecule has 2 atom stereocenters. The SMILES string of the molecule is NNc1cc([N+](=O)[O-])cc(NC2CCN3CCCC23)n1. The number of hydrogen-bond acceptors (Lipinski definition) is 7. The highest BCUT2D eigenvalue weighted by atomic mass is 16.6. The summed E-state index contributed by atoms with van der Waals surface area (Å²) in [5.74, 6) is 6.11. The minimum absolute atomic E-state index is 0.0169. The van der Waals surface area contributed by atoms with E-state index in [1.165, 1.54) is 25.0 Å². The summed E-state index contributed by atoms with van der Waals surface area (Å²) in [6.07, 6.45) is 3.44. The van der Waals surface area contributed by atoms with Crippen molar-refractivity contribution in [2.75, 3.05) is 23.8 Å². The lowest BCUT2D eigenvalue weighted by molar-refractivity contribution is -0.384. The number of nitrogens with zero attached hydrogens (tertiary/aromatic N) is 3. The second kappa shape index (κ2) is 5.22. The molecule has 0 bridgehead atoms. The second-order valence-corrected chi connectivity index (χ2v) is 5.28. The van der Waals surface area contributed by atoms with Crippen LogP contribution in [-0.2, 0) is 0 Å². The van der Waals surface area contributed by atoms with Crippen LogP contribution in [0.25, 0.3) is 0 Å². The van der Waals surface area contributed by atoms with E-state index in [0.717, 1.165) is 19.5 Å². The van der Waals surface area contributed by atoms with Gasteiger partial charge in [-0.15, -0.1) is 0 Å². The number of hydrazine groups is 1. The summed E-state index contributed by atoms with van der Waals surface area (Å²) in [6, 6.07) is 3.60. The van der Waals surface area contributed by atoms with Gasteiger partial charge in [-0.2, -0.15) is 0 Å². The molecular formula is C12H18N6O2. The zero-order chi connectivity index (χ0) is 14.1. The standard InChI is InChI=1S/C12H18N6O2/c13-16-12-7-8(18(19)20)6-11(15-12)14-9-3-5-17-4-1-2-10(9)17/h6-7,9-10H,1-5,13H2,(H2,14,15,16). The number of rotatable bonds is 4. The van der Waals surface area contributed by atoms with Crippen LogP contribution >= 0.6 is 0 Å². The summed E-state index contributed by atoms with van der Waals surface area (Å²) in [4.78, 5) is 17.2. The zero-order valence-corrected chi connectivity index (χ0v) is 11.1. The minimum Gasteiger partial charge on any atom is -0.365 e. The van der Waals surface area contributed by atoms with Crippen molar-refractivity contribution >= 4 is 17.3 Å². The largest absolute Gasteiger partial charge is 0.365 e. The molecule has 2 fully saturated rings. The van der Waals surface area contributed by atoms with Crippen molar-refractivity contribution in [2.45, 2.75) is 31.3 Å².